The summed E-state index contributed by atoms with van der Waals surface area (Å²) in [5, 5.41) is 12.0. The number of fused-ring (bicyclic) bond motifs is 2. The van der Waals surface area contributed by atoms with Gasteiger partial charge in [-0.1, -0.05) is 13.0 Å². The zero-order valence-electron chi connectivity index (χ0n) is 18.3. The van der Waals surface area contributed by atoms with Crippen molar-refractivity contribution in [1.29, 1.82) is 0 Å². The first-order valence-electron chi connectivity index (χ1n) is 11.0. The summed E-state index contributed by atoms with van der Waals surface area (Å²) in [6.07, 6.45) is 1.99. The second-order valence-corrected chi connectivity index (χ2v) is 9.10. The summed E-state index contributed by atoms with van der Waals surface area (Å²) in [5.41, 5.74) is 1.17. The average Bonchev–Trinajstić information content (AvgIpc) is 2.72. The van der Waals surface area contributed by atoms with Gasteiger partial charge in [0.1, 0.15) is 34.4 Å². The molecule has 2 aromatic heterocycles. The number of hydrogen-bond acceptors (Lipinski definition) is 6. The summed E-state index contributed by atoms with van der Waals surface area (Å²) in [6.45, 7) is 6.66. The number of rotatable bonds is 3. The van der Waals surface area contributed by atoms with Crippen molar-refractivity contribution in [3.8, 4) is 17.0 Å². The molecule has 4 heterocycles. The van der Waals surface area contributed by atoms with Gasteiger partial charge in [-0.05, 0) is 47.9 Å². The summed E-state index contributed by atoms with van der Waals surface area (Å²) < 4.78 is 35.9. The van der Waals surface area contributed by atoms with E-state index in [0.29, 0.717) is 45.3 Å². The quantitative estimate of drug-likeness (QED) is 0.496. The number of aryl methyl sites for hydroxylation is 2. The van der Waals surface area contributed by atoms with E-state index in [9.17, 15) is 9.50 Å². The predicted octanol–water partition coefficient (Wildman–Crippen LogP) is 4.54. The van der Waals surface area contributed by atoms with Crippen molar-refractivity contribution in [2.45, 2.75) is 20.3 Å². The Bertz CT molecular complexity index is 1440. The Kier molecular flexibility index (Phi) is 4.32. The summed E-state index contributed by atoms with van der Waals surface area (Å²) >= 11 is 0. The van der Waals surface area contributed by atoms with Gasteiger partial charge in [0, 0.05) is 24.8 Å². The minimum atomic E-state index is -0.611. The van der Waals surface area contributed by atoms with Crippen molar-refractivity contribution in [2.75, 3.05) is 31.2 Å². The Balaban J connectivity index is 1.56. The van der Waals surface area contributed by atoms with Crippen LogP contribution in [-0.4, -0.2) is 46.4 Å². The molecular formula is C25H22F2N4O2. The van der Waals surface area contributed by atoms with Gasteiger partial charge in [0.2, 0.25) is 0 Å². The Labute approximate surface area is 188 Å². The molecule has 33 heavy (non-hydrogen) atoms. The highest BCUT2D eigenvalue weighted by atomic mass is 19.1. The standard InChI is InChI=1S/C25H22F2N4O2/c1-3-16-19(26)5-4-14-6-15(32)7-17(20(14)16)22-21(27)23-18(8-28-22)24(30-13(2)29-23)31-9-25(10-31)11-33-12-25/h4-8,32H,3,9-12H2,1-2H3. The fourth-order valence-electron chi connectivity index (χ4n) is 5.10. The van der Waals surface area contributed by atoms with Gasteiger partial charge in [0.15, 0.2) is 5.82 Å². The minimum Gasteiger partial charge on any atom is -0.508 e. The second kappa shape index (κ2) is 7.05. The van der Waals surface area contributed by atoms with Crippen LogP contribution in [0.3, 0.4) is 0 Å². The number of phenolic OH excluding ortho intramolecular Hbond substituents is 1. The number of pyridine rings is 1. The molecular weight excluding hydrogens is 426 g/mol. The lowest BCUT2D eigenvalue weighted by Gasteiger charge is -2.55. The van der Waals surface area contributed by atoms with Gasteiger partial charge in [0.05, 0.1) is 24.0 Å². The van der Waals surface area contributed by atoms with Crippen LogP contribution >= 0.6 is 0 Å². The third-order valence-corrected chi connectivity index (χ3v) is 6.71. The Morgan fingerprint density at radius 3 is 2.64 bits per heavy atom. The number of aromatic hydroxyl groups is 1. The number of anilines is 1. The molecule has 0 bridgehead atoms. The molecule has 2 aliphatic rings. The third kappa shape index (κ3) is 2.97. The van der Waals surface area contributed by atoms with Crippen LogP contribution in [0.15, 0.2) is 30.5 Å². The van der Waals surface area contributed by atoms with Crippen LogP contribution in [-0.2, 0) is 11.2 Å². The van der Waals surface area contributed by atoms with Crippen LogP contribution in [0.4, 0.5) is 14.6 Å². The van der Waals surface area contributed by atoms with Crippen LogP contribution in [0.2, 0.25) is 0 Å². The molecule has 1 N–H and O–H groups in total. The number of ether oxygens (including phenoxy) is 1. The van der Waals surface area contributed by atoms with Crippen LogP contribution < -0.4 is 4.90 Å². The van der Waals surface area contributed by atoms with Gasteiger partial charge in [0.25, 0.3) is 0 Å². The number of nitrogens with zero attached hydrogens (tertiary/aromatic N) is 4. The molecule has 2 aliphatic heterocycles. The molecule has 168 valence electrons. The zero-order chi connectivity index (χ0) is 22.9. The lowest BCUT2D eigenvalue weighted by Crippen LogP contribution is -2.66. The van der Waals surface area contributed by atoms with Gasteiger partial charge >= 0.3 is 0 Å². The largest absolute Gasteiger partial charge is 0.508 e. The molecule has 1 spiro atoms. The minimum absolute atomic E-state index is 0.0280. The van der Waals surface area contributed by atoms with Gasteiger partial charge < -0.3 is 14.7 Å². The lowest BCUT2D eigenvalue weighted by atomic mass is 9.78. The highest BCUT2D eigenvalue weighted by Gasteiger charge is 2.49. The van der Waals surface area contributed by atoms with Crippen molar-refractivity contribution in [1.82, 2.24) is 15.0 Å². The molecule has 2 aromatic carbocycles. The predicted molar refractivity (Wildman–Crippen MR) is 121 cm³/mol. The van der Waals surface area contributed by atoms with Crippen molar-refractivity contribution in [3.05, 3.63) is 53.5 Å². The first-order valence-corrected chi connectivity index (χ1v) is 11.0. The van der Waals surface area contributed by atoms with Crippen LogP contribution in [0.1, 0.15) is 18.3 Å². The van der Waals surface area contributed by atoms with Crippen LogP contribution in [0.5, 0.6) is 5.75 Å². The molecule has 8 heteroatoms. The van der Waals surface area contributed by atoms with Gasteiger partial charge in [-0.3, -0.25) is 4.98 Å². The number of benzene rings is 2. The monoisotopic (exact) mass is 448 g/mol. The molecule has 0 unspecified atom stereocenters. The lowest BCUT2D eigenvalue weighted by molar-refractivity contribution is -0.127. The molecule has 2 fully saturated rings. The molecule has 0 radical (unpaired) electrons. The fourth-order valence-corrected chi connectivity index (χ4v) is 5.10. The molecule has 4 aromatic rings. The third-order valence-electron chi connectivity index (χ3n) is 6.71. The van der Waals surface area contributed by atoms with E-state index in [1.54, 1.807) is 25.3 Å². The molecule has 6 nitrogen and oxygen atoms in total. The normalized spacial score (nSPS) is 16.9. The first kappa shape index (κ1) is 20.2. The highest BCUT2D eigenvalue weighted by Crippen LogP contribution is 2.43. The van der Waals surface area contributed by atoms with E-state index in [2.05, 4.69) is 19.9 Å². The van der Waals surface area contributed by atoms with Crippen molar-refractivity contribution < 1.29 is 18.6 Å². The maximum Gasteiger partial charge on any atom is 0.175 e. The topological polar surface area (TPSA) is 71.4 Å². The summed E-state index contributed by atoms with van der Waals surface area (Å²) in [6, 6.07) is 5.93. The summed E-state index contributed by atoms with van der Waals surface area (Å²) in [7, 11) is 0. The Hall–Kier alpha value is -3.39. The maximum atomic E-state index is 16.0. The fraction of sp³-hybridized carbons (Fsp3) is 0.320. The smallest absolute Gasteiger partial charge is 0.175 e. The van der Waals surface area contributed by atoms with E-state index in [-0.39, 0.29) is 28.2 Å². The van der Waals surface area contributed by atoms with E-state index in [4.69, 9.17) is 4.74 Å². The Morgan fingerprint density at radius 2 is 1.94 bits per heavy atom. The maximum absolute atomic E-state index is 16.0. The van der Waals surface area contributed by atoms with Gasteiger partial charge in [-0.2, -0.15) is 0 Å². The molecule has 0 saturated carbocycles. The zero-order valence-corrected chi connectivity index (χ0v) is 18.3. The summed E-state index contributed by atoms with van der Waals surface area (Å²) in [4.78, 5) is 15.5. The Morgan fingerprint density at radius 1 is 1.15 bits per heavy atom. The van der Waals surface area contributed by atoms with E-state index >= 15 is 4.39 Å². The van der Waals surface area contributed by atoms with E-state index in [0.717, 1.165) is 26.3 Å². The van der Waals surface area contributed by atoms with E-state index < -0.39 is 5.82 Å². The second-order valence-electron chi connectivity index (χ2n) is 9.10. The average molecular weight is 448 g/mol. The van der Waals surface area contributed by atoms with E-state index in [1.165, 1.54) is 12.1 Å². The van der Waals surface area contributed by atoms with Crippen molar-refractivity contribution in [3.63, 3.8) is 0 Å². The highest BCUT2D eigenvalue weighted by molar-refractivity contribution is 6.01. The molecule has 2 saturated heterocycles. The SMILES string of the molecule is CCc1c(F)ccc2cc(O)cc(-c3ncc4c(N5CC6(COC6)C5)nc(C)nc4c3F)c12. The number of phenols is 1. The van der Waals surface area contributed by atoms with Crippen molar-refractivity contribution >= 4 is 27.5 Å². The molecule has 0 atom stereocenters. The molecule has 6 rings (SSSR count). The van der Waals surface area contributed by atoms with Gasteiger partial charge in [-0.25, -0.2) is 18.7 Å². The van der Waals surface area contributed by atoms with Crippen LogP contribution in [0, 0.1) is 24.0 Å². The number of halogens is 2. The first-order chi connectivity index (χ1) is 15.9. The van der Waals surface area contributed by atoms with Gasteiger partial charge in [-0.15, -0.1) is 0 Å². The number of hydrogen-bond donors (Lipinski definition) is 1. The molecule has 0 amide bonds. The number of aromatic nitrogens is 3. The summed E-state index contributed by atoms with van der Waals surface area (Å²) in [5.74, 6) is 0.0972. The molecule has 0 aliphatic carbocycles. The van der Waals surface area contributed by atoms with Crippen LogP contribution in [0.25, 0.3) is 32.9 Å². The van der Waals surface area contributed by atoms with E-state index in [1.807, 2.05) is 6.92 Å². The van der Waals surface area contributed by atoms with Crippen molar-refractivity contribution in [2.24, 2.45) is 5.41 Å².